The zero-order chi connectivity index (χ0) is 14.3. The molecule has 1 aliphatic carbocycles. The van der Waals surface area contributed by atoms with Crippen molar-refractivity contribution in [3.8, 4) is 0 Å². The molecule has 5 heteroatoms. The van der Waals surface area contributed by atoms with Gasteiger partial charge in [-0.3, -0.25) is 10.1 Å². The molecule has 0 heterocycles. The number of rotatable bonds is 5. The average molecular weight is 277 g/mol. The van der Waals surface area contributed by atoms with Gasteiger partial charge in [0.15, 0.2) is 5.72 Å². The molecule has 5 nitrogen and oxygen atoms in total. The maximum absolute atomic E-state index is 11.8. The van der Waals surface area contributed by atoms with Crippen LogP contribution in [-0.2, 0) is 20.9 Å². The van der Waals surface area contributed by atoms with Crippen molar-refractivity contribution in [2.24, 2.45) is 0 Å². The summed E-state index contributed by atoms with van der Waals surface area (Å²) in [6, 6.07) is 9.43. The van der Waals surface area contributed by atoms with Crippen LogP contribution in [0.25, 0.3) is 0 Å². The van der Waals surface area contributed by atoms with E-state index in [4.69, 9.17) is 9.47 Å². The number of amides is 1. The lowest BCUT2D eigenvalue weighted by Crippen LogP contribution is -2.51. The third-order valence-corrected chi connectivity index (χ3v) is 3.48. The second-order valence-electron chi connectivity index (χ2n) is 4.96. The van der Waals surface area contributed by atoms with E-state index in [1.54, 1.807) is 0 Å². The van der Waals surface area contributed by atoms with Gasteiger partial charge in [-0.05, 0) is 18.4 Å². The van der Waals surface area contributed by atoms with Gasteiger partial charge in [0.05, 0.1) is 0 Å². The van der Waals surface area contributed by atoms with E-state index in [1.807, 2.05) is 30.3 Å². The van der Waals surface area contributed by atoms with Crippen molar-refractivity contribution in [3.63, 3.8) is 0 Å². The van der Waals surface area contributed by atoms with Gasteiger partial charge in [0.25, 0.3) is 6.47 Å². The molecule has 0 unspecified atom stereocenters. The van der Waals surface area contributed by atoms with E-state index in [9.17, 15) is 9.59 Å². The molecule has 0 atom stereocenters. The van der Waals surface area contributed by atoms with Gasteiger partial charge >= 0.3 is 6.09 Å². The highest BCUT2D eigenvalue weighted by atomic mass is 16.6. The lowest BCUT2D eigenvalue weighted by molar-refractivity contribution is -0.150. The second-order valence-corrected chi connectivity index (χ2v) is 4.96. The predicted octanol–water partition coefficient (Wildman–Crippen LogP) is 2.75. The molecule has 0 aliphatic heterocycles. The third-order valence-electron chi connectivity index (χ3n) is 3.48. The summed E-state index contributed by atoms with van der Waals surface area (Å²) in [6.45, 7) is 0.590. The minimum Gasteiger partial charge on any atom is -0.445 e. The highest BCUT2D eigenvalue weighted by Gasteiger charge is 2.36. The lowest BCUT2D eigenvalue weighted by Gasteiger charge is -2.35. The second kappa shape index (κ2) is 6.93. The molecular formula is C15H19NO4. The fraction of sp³-hybridized carbons (Fsp3) is 0.467. The molecule has 0 spiro atoms. The van der Waals surface area contributed by atoms with Crippen molar-refractivity contribution in [2.45, 2.75) is 44.4 Å². The SMILES string of the molecule is O=COC1(NC(=O)OCc2ccccc2)CCCCC1. The van der Waals surface area contributed by atoms with Gasteiger partial charge < -0.3 is 9.47 Å². The van der Waals surface area contributed by atoms with E-state index in [0.717, 1.165) is 24.8 Å². The number of hydrogen-bond donors (Lipinski definition) is 1. The van der Waals surface area contributed by atoms with Crippen molar-refractivity contribution in [3.05, 3.63) is 35.9 Å². The van der Waals surface area contributed by atoms with Crippen LogP contribution in [-0.4, -0.2) is 18.3 Å². The molecule has 1 aromatic carbocycles. The molecular weight excluding hydrogens is 258 g/mol. The van der Waals surface area contributed by atoms with Crippen LogP contribution in [0.4, 0.5) is 4.79 Å². The molecule has 0 bridgehead atoms. The molecule has 1 aliphatic rings. The highest BCUT2D eigenvalue weighted by Crippen LogP contribution is 2.28. The van der Waals surface area contributed by atoms with E-state index >= 15 is 0 Å². The van der Waals surface area contributed by atoms with Crippen molar-refractivity contribution in [2.75, 3.05) is 0 Å². The van der Waals surface area contributed by atoms with Crippen molar-refractivity contribution < 1.29 is 19.1 Å². The first-order valence-corrected chi connectivity index (χ1v) is 6.84. The molecule has 20 heavy (non-hydrogen) atoms. The Hall–Kier alpha value is -2.04. The van der Waals surface area contributed by atoms with Crippen LogP contribution in [0.3, 0.4) is 0 Å². The fourth-order valence-corrected chi connectivity index (χ4v) is 2.43. The Labute approximate surface area is 118 Å². The Morgan fingerprint density at radius 1 is 1.20 bits per heavy atom. The highest BCUT2D eigenvalue weighted by molar-refractivity contribution is 5.68. The monoisotopic (exact) mass is 277 g/mol. The molecule has 2 rings (SSSR count). The van der Waals surface area contributed by atoms with Crippen molar-refractivity contribution in [1.82, 2.24) is 5.32 Å². The molecule has 108 valence electrons. The smallest absolute Gasteiger partial charge is 0.410 e. The lowest BCUT2D eigenvalue weighted by atomic mass is 9.92. The molecule has 0 radical (unpaired) electrons. The molecule has 1 N–H and O–H groups in total. The van der Waals surface area contributed by atoms with Gasteiger partial charge in [-0.1, -0.05) is 36.8 Å². The van der Waals surface area contributed by atoms with Gasteiger partial charge in [-0.2, -0.15) is 0 Å². The number of carbonyl (C=O) groups is 2. The minimum atomic E-state index is -0.895. The van der Waals surface area contributed by atoms with Gasteiger partial charge in [0.2, 0.25) is 0 Å². The van der Waals surface area contributed by atoms with Crippen molar-refractivity contribution in [1.29, 1.82) is 0 Å². The maximum atomic E-state index is 11.8. The van der Waals surface area contributed by atoms with Gasteiger partial charge in [-0.15, -0.1) is 0 Å². The summed E-state index contributed by atoms with van der Waals surface area (Å²) in [6.07, 6.45) is 3.64. The summed E-state index contributed by atoms with van der Waals surface area (Å²) in [5.74, 6) is 0. The summed E-state index contributed by atoms with van der Waals surface area (Å²) in [4.78, 5) is 22.5. The maximum Gasteiger partial charge on any atom is 0.410 e. The van der Waals surface area contributed by atoms with Crippen molar-refractivity contribution >= 4 is 12.6 Å². The molecule has 0 aromatic heterocycles. The molecule has 1 aromatic rings. The molecule has 1 amide bonds. The van der Waals surface area contributed by atoms with Crippen LogP contribution in [0.15, 0.2) is 30.3 Å². The number of alkyl carbamates (subject to hydrolysis) is 1. The predicted molar refractivity (Wildman–Crippen MR) is 72.7 cm³/mol. The molecule has 1 saturated carbocycles. The van der Waals surface area contributed by atoms with Crippen LogP contribution in [0.2, 0.25) is 0 Å². The van der Waals surface area contributed by atoms with E-state index < -0.39 is 11.8 Å². The van der Waals surface area contributed by atoms with E-state index in [2.05, 4.69) is 5.32 Å². The summed E-state index contributed by atoms with van der Waals surface area (Å²) >= 11 is 0. The largest absolute Gasteiger partial charge is 0.445 e. The Kier molecular flexibility index (Phi) is 4.98. The molecule has 1 fully saturated rings. The first kappa shape index (κ1) is 14.4. The Bertz CT molecular complexity index is 440. The zero-order valence-corrected chi connectivity index (χ0v) is 11.3. The Balaban J connectivity index is 1.86. The van der Waals surface area contributed by atoms with Gasteiger partial charge in [0, 0.05) is 12.8 Å². The number of benzene rings is 1. The third kappa shape index (κ3) is 3.98. The van der Waals surface area contributed by atoms with E-state index in [0.29, 0.717) is 19.3 Å². The Morgan fingerprint density at radius 3 is 2.55 bits per heavy atom. The zero-order valence-electron chi connectivity index (χ0n) is 11.3. The quantitative estimate of drug-likeness (QED) is 0.664. The van der Waals surface area contributed by atoms with Gasteiger partial charge in [0.1, 0.15) is 6.61 Å². The first-order chi connectivity index (χ1) is 9.74. The standard InChI is InChI=1S/C15H19NO4/c17-12-20-15(9-5-2-6-10-15)16-14(18)19-11-13-7-3-1-4-8-13/h1,3-4,7-8,12H,2,5-6,9-11H2,(H,16,18). The average Bonchev–Trinajstić information content (AvgIpc) is 2.47. The Morgan fingerprint density at radius 2 is 1.90 bits per heavy atom. The fourth-order valence-electron chi connectivity index (χ4n) is 2.43. The minimum absolute atomic E-state index is 0.198. The summed E-state index contributed by atoms with van der Waals surface area (Å²) < 4.78 is 10.3. The van der Waals surface area contributed by atoms with Crippen LogP contribution in [0, 0.1) is 0 Å². The molecule has 0 saturated heterocycles. The number of ether oxygens (including phenoxy) is 2. The van der Waals surface area contributed by atoms with Crippen LogP contribution in [0.1, 0.15) is 37.7 Å². The van der Waals surface area contributed by atoms with Crippen LogP contribution < -0.4 is 5.32 Å². The topological polar surface area (TPSA) is 64.6 Å². The van der Waals surface area contributed by atoms with Crippen LogP contribution in [0.5, 0.6) is 0 Å². The number of nitrogens with one attached hydrogen (secondary N) is 1. The summed E-state index contributed by atoms with van der Waals surface area (Å²) in [7, 11) is 0. The summed E-state index contributed by atoms with van der Waals surface area (Å²) in [5.41, 5.74) is 0.0185. The van der Waals surface area contributed by atoms with E-state index in [-0.39, 0.29) is 6.61 Å². The number of hydrogen-bond acceptors (Lipinski definition) is 4. The normalized spacial score (nSPS) is 17.0. The van der Waals surface area contributed by atoms with Gasteiger partial charge in [-0.25, -0.2) is 4.79 Å². The summed E-state index contributed by atoms with van der Waals surface area (Å²) in [5, 5.41) is 2.69. The van der Waals surface area contributed by atoms with Crippen LogP contribution >= 0.6 is 0 Å². The van der Waals surface area contributed by atoms with E-state index in [1.165, 1.54) is 0 Å². The first-order valence-electron chi connectivity index (χ1n) is 6.84. The number of carbonyl (C=O) groups excluding carboxylic acids is 2.